The van der Waals surface area contributed by atoms with Gasteiger partial charge in [0.15, 0.2) is 0 Å². The predicted molar refractivity (Wildman–Crippen MR) is 133 cm³/mol. The van der Waals surface area contributed by atoms with Crippen LogP contribution in [-0.4, -0.2) is 43.1 Å². The van der Waals surface area contributed by atoms with E-state index in [1.165, 1.54) is 24.5 Å². The van der Waals surface area contributed by atoms with E-state index in [1.54, 1.807) is 18.2 Å². The summed E-state index contributed by atoms with van der Waals surface area (Å²) in [5, 5.41) is 8.06. The van der Waals surface area contributed by atoms with Gasteiger partial charge < -0.3 is 15.4 Å². The van der Waals surface area contributed by atoms with Crippen molar-refractivity contribution in [1.82, 2.24) is 15.6 Å². The van der Waals surface area contributed by atoms with Crippen molar-refractivity contribution in [3.63, 3.8) is 0 Å². The summed E-state index contributed by atoms with van der Waals surface area (Å²) >= 11 is 1.38. The molecule has 1 heterocycles. The Labute approximate surface area is 207 Å². The van der Waals surface area contributed by atoms with Crippen LogP contribution in [0.1, 0.15) is 27.9 Å². The Morgan fingerprint density at radius 1 is 1.06 bits per heavy atom. The Hall–Kier alpha value is -3.48. The quantitative estimate of drug-likeness (QED) is 0.302. The van der Waals surface area contributed by atoms with E-state index in [9.17, 15) is 18.0 Å². The van der Waals surface area contributed by atoms with Gasteiger partial charge in [0.2, 0.25) is 5.91 Å². The summed E-state index contributed by atoms with van der Waals surface area (Å²) in [5.41, 5.74) is 2.52. The maximum Gasteiger partial charge on any atom is 0.407 e. The van der Waals surface area contributed by atoms with Crippen LogP contribution in [0.3, 0.4) is 0 Å². The molecule has 0 fully saturated rings. The number of methoxy groups -OCH3 is 1. The van der Waals surface area contributed by atoms with Crippen molar-refractivity contribution in [1.29, 1.82) is 0 Å². The lowest BCUT2D eigenvalue weighted by molar-refractivity contribution is -0.123. The molecule has 186 valence electrons. The van der Waals surface area contributed by atoms with E-state index in [1.807, 2.05) is 47.4 Å². The minimum absolute atomic E-state index is 0.180. The molecule has 12 heteroatoms. The zero-order valence-electron chi connectivity index (χ0n) is 19.1. The summed E-state index contributed by atoms with van der Waals surface area (Å²) in [6, 6.07) is 14.3. The van der Waals surface area contributed by atoms with Gasteiger partial charge >= 0.3 is 16.4 Å². The Morgan fingerprint density at radius 3 is 2.40 bits per heavy atom. The molecule has 2 atom stereocenters. The number of hydrogen-bond acceptors (Lipinski definition) is 7. The van der Waals surface area contributed by atoms with Crippen molar-refractivity contribution in [2.45, 2.75) is 31.8 Å². The molecule has 4 N–H and O–H groups in total. The van der Waals surface area contributed by atoms with E-state index < -0.39 is 34.4 Å². The van der Waals surface area contributed by atoms with Gasteiger partial charge in [-0.2, -0.15) is 8.42 Å². The fourth-order valence-electron chi connectivity index (χ4n) is 3.41. The lowest BCUT2D eigenvalue weighted by Gasteiger charge is -2.22. The van der Waals surface area contributed by atoms with Gasteiger partial charge in [-0.25, -0.2) is 9.78 Å². The first-order valence-corrected chi connectivity index (χ1v) is 12.9. The average molecular weight is 519 g/mol. The molecule has 3 aromatic rings. The molecule has 0 bridgehead atoms. The first-order valence-electron chi connectivity index (χ1n) is 10.6. The number of benzene rings is 2. The van der Waals surface area contributed by atoms with E-state index in [0.717, 1.165) is 11.3 Å². The molecule has 0 saturated carbocycles. The Kier molecular flexibility index (Phi) is 8.79. The molecule has 2 unspecified atom stereocenters. The number of nitrogens with zero attached hydrogens (tertiary/aromatic N) is 1. The molecule has 2 aromatic carbocycles. The minimum atomic E-state index is -4.43. The summed E-state index contributed by atoms with van der Waals surface area (Å²) in [7, 11) is -3.20. The summed E-state index contributed by atoms with van der Waals surface area (Å²) in [4.78, 5) is 29.7. The molecular formula is C23H26N4O6S2. The highest BCUT2D eigenvalue weighted by atomic mass is 32.2. The monoisotopic (exact) mass is 518 g/mol. The van der Waals surface area contributed by atoms with Crippen molar-refractivity contribution in [3.05, 3.63) is 81.8 Å². The van der Waals surface area contributed by atoms with Crippen LogP contribution in [0.5, 0.6) is 0 Å². The standard InChI is InChI=1S/C23H26N4O6S2/c1-15-14-34-22(24-15)20(13-17-9-6-10-18(11-17)27-35(30,31)32)25-21(28)19(26-23(29)33-2)12-16-7-4-3-5-8-16/h3-11,14,19-20,27H,12-13H2,1-2H3,(H,25,28)(H,26,29)(H,30,31,32). The summed E-state index contributed by atoms with van der Waals surface area (Å²) < 4.78 is 38.1. The lowest BCUT2D eigenvalue weighted by Crippen LogP contribution is -2.49. The first kappa shape index (κ1) is 26.1. The molecular weight excluding hydrogens is 492 g/mol. The summed E-state index contributed by atoms with van der Waals surface area (Å²) in [5.74, 6) is -0.427. The van der Waals surface area contributed by atoms with Gasteiger partial charge in [-0.15, -0.1) is 11.3 Å². The molecule has 35 heavy (non-hydrogen) atoms. The largest absolute Gasteiger partial charge is 0.453 e. The van der Waals surface area contributed by atoms with Gasteiger partial charge in [-0.3, -0.25) is 14.1 Å². The van der Waals surface area contributed by atoms with Gasteiger partial charge in [-0.1, -0.05) is 42.5 Å². The number of carbonyl (C=O) groups excluding carboxylic acids is 2. The highest BCUT2D eigenvalue weighted by Crippen LogP contribution is 2.24. The second kappa shape index (κ2) is 11.8. The normalized spacial score (nSPS) is 12.9. The minimum Gasteiger partial charge on any atom is -0.453 e. The number of nitrogens with one attached hydrogen (secondary N) is 3. The maximum atomic E-state index is 13.3. The van der Waals surface area contributed by atoms with Crippen LogP contribution in [0.15, 0.2) is 60.0 Å². The van der Waals surface area contributed by atoms with Crippen LogP contribution in [0.4, 0.5) is 10.5 Å². The molecule has 2 amide bonds. The van der Waals surface area contributed by atoms with Crippen molar-refractivity contribution in [2.75, 3.05) is 11.8 Å². The first-order chi connectivity index (χ1) is 16.6. The Morgan fingerprint density at radius 2 is 1.77 bits per heavy atom. The number of hydrogen-bond donors (Lipinski definition) is 4. The van der Waals surface area contributed by atoms with Crippen LogP contribution in [-0.2, 0) is 32.7 Å². The smallest absolute Gasteiger partial charge is 0.407 e. The molecule has 0 spiro atoms. The fourth-order valence-corrected chi connectivity index (χ4v) is 4.68. The molecule has 0 saturated heterocycles. The Balaban J connectivity index is 1.84. The highest BCUT2D eigenvalue weighted by Gasteiger charge is 2.26. The third kappa shape index (κ3) is 8.35. The average Bonchev–Trinajstić information content (AvgIpc) is 3.24. The number of amides is 2. The fraction of sp³-hybridized carbons (Fsp3) is 0.261. The molecule has 0 aliphatic heterocycles. The number of alkyl carbamates (subject to hydrolysis) is 1. The van der Waals surface area contributed by atoms with Crippen molar-refractivity contribution >= 4 is 39.3 Å². The van der Waals surface area contributed by atoms with Gasteiger partial charge in [-0.05, 0) is 36.6 Å². The maximum absolute atomic E-state index is 13.3. The van der Waals surface area contributed by atoms with Gasteiger partial charge in [0, 0.05) is 17.5 Å². The molecule has 3 rings (SSSR count). The predicted octanol–water partition coefficient (Wildman–Crippen LogP) is 3.03. The number of rotatable bonds is 10. The zero-order valence-corrected chi connectivity index (χ0v) is 20.7. The van der Waals surface area contributed by atoms with E-state index in [4.69, 9.17) is 9.29 Å². The van der Waals surface area contributed by atoms with Crippen LogP contribution in [0, 0.1) is 6.92 Å². The third-order valence-electron chi connectivity index (χ3n) is 4.94. The van der Waals surface area contributed by atoms with Crippen LogP contribution < -0.4 is 15.4 Å². The number of anilines is 1. The van der Waals surface area contributed by atoms with Crippen molar-refractivity contribution in [2.24, 2.45) is 0 Å². The molecule has 10 nitrogen and oxygen atoms in total. The van der Waals surface area contributed by atoms with Gasteiger partial charge in [0.05, 0.1) is 18.8 Å². The topological polar surface area (TPSA) is 147 Å². The summed E-state index contributed by atoms with van der Waals surface area (Å²) in [6.45, 7) is 1.84. The number of thiazole rings is 1. The lowest BCUT2D eigenvalue weighted by atomic mass is 10.0. The van der Waals surface area contributed by atoms with Crippen LogP contribution in [0.2, 0.25) is 0 Å². The zero-order chi connectivity index (χ0) is 25.4. The van der Waals surface area contributed by atoms with E-state index in [2.05, 4.69) is 15.6 Å². The molecule has 1 aromatic heterocycles. The highest BCUT2D eigenvalue weighted by molar-refractivity contribution is 7.87. The van der Waals surface area contributed by atoms with Crippen molar-refractivity contribution < 1.29 is 27.3 Å². The Bertz CT molecular complexity index is 1260. The molecule has 0 aliphatic rings. The SMILES string of the molecule is COC(=O)NC(Cc1ccccc1)C(=O)NC(Cc1cccc(NS(=O)(=O)O)c1)c1nc(C)cs1. The third-order valence-corrected chi connectivity index (χ3v) is 6.51. The van der Waals surface area contributed by atoms with Crippen molar-refractivity contribution in [3.8, 4) is 0 Å². The van der Waals surface area contributed by atoms with Gasteiger partial charge in [0.1, 0.15) is 11.0 Å². The second-order valence-electron chi connectivity index (χ2n) is 7.75. The van der Waals surface area contributed by atoms with E-state index in [-0.39, 0.29) is 18.5 Å². The van der Waals surface area contributed by atoms with Crippen LogP contribution in [0.25, 0.3) is 0 Å². The molecule has 0 aliphatic carbocycles. The van der Waals surface area contributed by atoms with Crippen LogP contribution >= 0.6 is 11.3 Å². The molecule has 0 radical (unpaired) electrons. The number of aryl methyl sites for hydroxylation is 1. The van der Waals surface area contributed by atoms with Gasteiger partial charge in [0.25, 0.3) is 0 Å². The second-order valence-corrected chi connectivity index (χ2v) is 9.79. The number of carbonyl (C=O) groups is 2. The summed E-state index contributed by atoms with van der Waals surface area (Å²) in [6.07, 6.45) is -0.193. The van der Waals surface area contributed by atoms with E-state index >= 15 is 0 Å². The number of ether oxygens (including phenoxy) is 1. The van der Waals surface area contributed by atoms with E-state index in [0.29, 0.717) is 10.6 Å². The number of aromatic nitrogens is 1.